The Morgan fingerprint density at radius 2 is 2.18 bits per heavy atom. The molecule has 1 aromatic rings. The lowest BCUT2D eigenvalue weighted by Crippen LogP contribution is -2.29. The van der Waals surface area contributed by atoms with Gasteiger partial charge >= 0.3 is 0 Å². The Balaban J connectivity index is 2.94. The topological polar surface area (TPSA) is 67.2 Å². The van der Waals surface area contributed by atoms with Gasteiger partial charge in [-0.1, -0.05) is 13.8 Å². The highest BCUT2D eigenvalue weighted by Crippen LogP contribution is 2.18. The minimum Gasteiger partial charge on any atom is -0.395 e. The number of carbonyl (C=O) groups is 1. The van der Waals surface area contributed by atoms with Crippen LogP contribution in [0, 0.1) is 6.92 Å². The van der Waals surface area contributed by atoms with Crippen molar-refractivity contribution in [1.29, 1.82) is 0 Å². The number of nitrogens with zero attached hydrogens (tertiary/aromatic N) is 2. The van der Waals surface area contributed by atoms with Crippen molar-refractivity contribution in [2.24, 2.45) is 0 Å². The fourth-order valence-corrected chi connectivity index (χ4v) is 1.86. The van der Waals surface area contributed by atoms with E-state index in [2.05, 4.69) is 24.3 Å². The number of hydrogen-bond acceptors (Lipinski definition) is 3. The van der Waals surface area contributed by atoms with E-state index in [1.807, 2.05) is 6.92 Å². The maximum absolute atomic E-state index is 11.9. The summed E-state index contributed by atoms with van der Waals surface area (Å²) in [4.78, 5) is 11.9. The van der Waals surface area contributed by atoms with Crippen molar-refractivity contribution in [2.75, 3.05) is 13.2 Å². The summed E-state index contributed by atoms with van der Waals surface area (Å²) in [7, 11) is 0. The van der Waals surface area contributed by atoms with Gasteiger partial charge in [0.1, 0.15) is 5.69 Å². The highest BCUT2D eigenvalue weighted by molar-refractivity contribution is 5.92. The standard InChI is InChI=1S/C12H21N3O2/c1-4-10(5-2)15-11(8-9(3)14-15)12(17)13-6-7-16/h8,10,16H,4-7H2,1-3H3,(H,13,17). The molecular formula is C12H21N3O2. The van der Waals surface area contributed by atoms with Crippen molar-refractivity contribution < 1.29 is 9.90 Å². The van der Waals surface area contributed by atoms with Gasteiger partial charge in [0.25, 0.3) is 5.91 Å². The van der Waals surface area contributed by atoms with Crippen molar-refractivity contribution in [3.8, 4) is 0 Å². The van der Waals surface area contributed by atoms with Crippen LogP contribution in [0.3, 0.4) is 0 Å². The third-order valence-electron chi connectivity index (χ3n) is 2.78. The van der Waals surface area contributed by atoms with Gasteiger partial charge in [0.15, 0.2) is 0 Å². The predicted octanol–water partition coefficient (Wildman–Crippen LogP) is 1.27. The lowest BCUT2D eigenvalue weighted by molar-refractivity contribution is 0.0930. The van der Waals surface area contributed by atoms with Crippen LogP contribution >= 0.6 is 0 Å². The van der Waals surface area contributed by atoms with E-state index < -0.39 is 0 Å². The van der Waals surface area contributed by atoms with Crippen LogP contribution in [0.4, 0.5) is 0 Å². The van der Waals surface area contributed by atoms with E-state index in [-0.39, 0.29) is 25.1 Å². The average molecular weight is 239 g/mol. The third-order valence-corrected chi connectivity index (χ3v) is 2.78. The first kappa shape index (κ1) is 13.7. The van der Waals surface area contributed by atoms with Crippen LogP contribution in [0.2, 0.25) is 0 Å². The van der Waals surface area contributed by atoms with Crippen LogP contribution in [0.1, 0.15) is 48.9 Å². The molecule has 0 aliphatic carbocycles. The summed E-state index contributed by atoms with van der Waals surface area (Å²) in [6.07, 6.45) is 1.88. The molecule has 1 rings (SSSR count). The molecule has 0 saturated carbocycles. The first-order valence-electron chi connectivity index (χ1n) is 6.09. The Kier molecular flexibility index (Phi) is 5.15. The summed E-state index contributed by atoms with van der Waals surface area (Å²) in [6, 6.07) is 2.03. The maximum Gasteiger partial charge on any atom is 0.269 e. The molecule has 0 radical (unpaired) electrons. The minimum atomic E-state index is -0.174. The van der Waals surface area contributed by atoms with E-state index in [0.29, 0.717) is 5.69 Å². The molecule has 0 spiro atoms. The number of aromatic nitrogens is 2. The lowest BCUT2D eigenvalue weighted by atomic mass is 10.1. The summed E-state index contributed by atoms with van der Waals surface area (Å²) < 4.78 is 1.79. The summed E-state index contributed by atoms with van der Waals surface area (Å²) in [5.74, 6) is -0.174. The summed E-state index contributed by atoms with van der Waals surface area (Å²) in [5.41, 5.74) is 1.41. The Morgan fingerprint density at radius 3 is 2.71 bits per heavy atom. The number of aliphatic hydroxyl groups is 1. The van der Waals surface area contributed by atoms with Crippen LogP contribution in [-0.4, -0.2) is 33.9 Å². The van der Waals surface area contributed by atoms with Crippen molar-refractivity contribution in [3.63, 3.8) is 0 Å². The fourth-order valence-electron chi connectivity index (χ4n) is 1.86. The quantitative estimate of drug-likeness (QED) is 0.785. The molecule has 0 atom stereocenters. The molecule has 1 heterocycles. The number of aryl methyl sites for hydroxylation is 1. The van der Waals surface area contributed by atoms with Gasteiger partial charge in [-0.3, -0.25) is 9.48 Å². The second-order valence-corrected chi connectivity index (χ2v) is 4.07. The summed E-state index contributed by atoms with van der Waals surface area (Å²) in [5, 5.41) is 15.7. The second-order valence-electron chi connectivity index (χ2n) is 4.07. The number of rotatable bonds is 6. The molecule has 5 nitrogen and oxygen atoms in total. The lowest BCUT2D eigenvalue weighted by Gasteiger charge is -2.16. The van der Waals surface area contributed by atoms with Crippen LogP contribution in [-0.2, 0) is 0 Å². The average Bonchev–Trinajstić information content (AvgIpc) is 2.70. The van der Waals surface area contributed by atoms with Gasteiger partial charge in [-0.25, -0.2) is 0 Å². The molecule has 1 amide bonds. The number of aliphatic hydroxyl groups excluding tert-OH is 1. The van der Waals surface area contributed by atoms with Gasteiger partial charge in [-0.05, 0) is 25.8 Å². The van der Waals surface area contributed by atoms with Gasteiger partial charge in [0.05, 0.1) is 18.3 Å². The van der Waals surface area contributed by atoms with Crippen LogP contribution in [0.5, 0.6) is 0 Å². The maximum atomic E-state index is 11.9. The number of hydrogen-bond donors (Lipinski definition) is 2. The van der Waals surface area contributed by atoms with Gasteiger partial charge in [0.2, 0.25) is 0 Å². The van der Waals surface area contributed by atoms with E-state index in [1.54, 1.807) is 10.7 Å². The first-order valence-corrected chi connectivity index (χ1v) is 6.09. The zero-order valence-electron chi connectivity index (χ0n) is 10.7. The Morgan fingerprint density at radius 1 is 1.53 bits per heavy atom. The zero-order chi connectivity index (χ0) is 12.8. The highest BCUT2D eigenvalue weighted by Gasteiger charge is 2.18. The monoisotopic (exact) mass is 239 g/mol. The number of nitrogens with one attached hydrogen (secondary N) is 1. The molecule has 96 valence electrons. The SMILES string of the molecule is CCC(CC)n1nc(C)cc1C(=O)NCCO. The highest BCUT2D eigenvalue weighted by atomic mass is 16.3. The van der Waals surface area contributed by atoms with Gasteiger partial charge in [-0.15, -0.1) is 0 Å². The van der Waals surface area contributed by atoms with E-state index in [0.717, 1.165) is 18.5 Å². The van der Waals surface area contributed by atoms with Crippen LogP contribution in [0.15, 0.2) is 6.07 Å². The predicted molar refractivity (Wildman–Crippen MR) is 66.0 cm³/mol. The largest absolute Gasteiger partial charge is 0.395 e. The van der Waals surface area contributed by atoms with Gasteiger partial charge in [0, 0.05) is 6.54 Å². The third kappa shape index (κ3) is 3.30. The van der Waals surface area contributed by atoms with Crippen molar-refractivity contribution >= 4 is 5.91 Å². The minimum absolute atomic E-state index is 0.0517. The number of amides is 1. The van der Waals surface area contributed by atoms with E-state index in [1.165, 1.54) is 0 Å². The summed E-state index contributed by atoms with van der Waals surface area (Å²) in [6.45, 7) is 6.26. The van der Waals surface area contributed by atoms with E-state index in [4.69, 9.17) is 5.11 Å². The molecule has 0 fully saturated rings. The molecule has 0 bridgehead atoms. The summed E-state index contributed by atoms with van der Waals surface area (Å²) >= 11 is 0. The first-order chi connectivity index (χ1) is 8.13. The van der Waals surface area contributed by atoms with Crippen molar-refractivity contribution in [2.45, 2.75) is 39.7 Å². The molecule has 0 aliphatic rings. The Labute approximate surface area is 102 Å². The van der Waals surface area contributed by atoms with Crippen LogP contribution in [0.25, 0.3) is 0 Å². The zero-order valence-corrected chi connectivity index (χ0v) is 10.7. The van der Waals surface area contributed by atoms with Gasteiger partial charge < -0.3 is 10.4 Å². The van der Waals surface area contributed by atoms with E-state index in [9.17, 15) is 4.79 Å². The van der Waals surface area contributed by atoms with Crippen molar-refractivity contribution in [3.05, 3.63) is 17.5 Å². The van der Waals surface area contributed by atoms with Crippen molar-refractivity contribution in [1.82, 2.24) is 15.1 Å². The molecule has 5 heteroatoms. The molecule has 1 aromatic heterocycles. The molecule has 2 N–H and O–H groups in total. The molecule has 0 unspecified atom stereocenters. The Hall–Kier alpha value is -1.36. The Bertz CT molecular complexity index is 370. The molecule has 17 heavy (non-hydrogen) atoms. The normalized spacial score (nSPS) is 10.9. The smallest absolute Gasteiger partial charge is 0.269 e. The van der Waals surface area contributed by atoms with Crippen LogP contribution < -0.4 is 5.32 Å². The fraction of sp³-hybridized carbons (Fsp3) is 0.667. The molecular weight excluding hydrogens is 218 g/mol. The van der Waals surface area contributed by atoms with Gasteiger partial charge in [-0.2, -0.15) is 5.10 Å². The second kappa shape index (κ2) is 6.39. The van der Waals surface area contributed by atoms with E-state index >= 15 is 0 Å². The molecule has 0 aromatic carbocycles. The number of carbonyl (C=O) groups excluding carboxylic acids is 1. The molecule has 0 aliphatic heterocycles. The molecule has 0 saturated heterocycles.